The number of amides is 1. The van der Waals surface area contributed by atoms with Gasteiger partial charge in [0.1, 0.15) is 5.69 Å². The maximum atomic E-state index is 12.3. The first-order valence-electron chi connectivity index (χ1n) is 8.60. The van der Waals surface area contributed by atoms with Crippen LogP contribution in [0.4, 0.5) is 0 Å². The van der Waals surface area contributed by atoms with Gasteiger partial charge in [-0.25, -0.2) is 0 Å². The molecular weight excluding hydrogens is 310 g/mol. The Morgan fingerprint density at radius 2 is 1.68 bits per heavy atom. The second-order valence-corrected chi connectivity index (χ2v) is 6.95. The molecule has 1 aliphatic rings. The molecule has 1 unspecified atom stereocenters. The van der Waals surface area contributed by atoms with Crippen LogP contribution in [0, 0.1) is 6.92 Å². The summed E-state index contributed by atoms with van der Waals surface area (Å²) in [6.07, 6.45) is 0. The van der Waals surface area contributed by atoms with Crippen LogP contribution in [0.25, 0.3) is 11.3 Å². The van der Waals surface area contributed by atoms with Crippen molar-refractivity contribution in [1.82, 2.24) is 15.5 Å². The highest BCUT2D eigenvalue weighted by atomic mass is 16.2. The van der Waals surface area contributed by atoms with E-state index in [2.05, 4.69) is 72.7 Å². The maximum Gasteiger partial charge on any atom is 0.270 e. The van der Waals surface area contributed by atoms with Crippen LogP contribution in [-0.2, 0) is 0 Å². The fourth-order valence-electron chi connectivity index (χ4n) is 3.34. The molecule has 1 aliphatic heterocycles. The second kappa shape index (κ2) is 5.88. The fraction of sp³-hybridized carbons (Fsp3) is 0.238. The number of hydrogen-bond donors (Lipinski definition) is 2. The molecule has 25 heavy (non-hydrogen) atoms. The minimum absolute atomic E-state index is 0.0983. The van der Waals surface area contributed by atoms with Crippen LogP contribution in [0.1, 0.15) is 58.5 Å². The number of nitrogens with zero attached hydrogens (tertiary/aromatic N) is 1. The van der Waals surface area contributed by atoms with Crippen LogP contribution < -0.4 is 5.32 Å². The van der Waals surface area contributed by atoms with Crippen molar-refractivity contribution in [2.45, 2.75) is 32.7 Å². The van der Waals surface area contributed by atoms with E-state index in [1.807, 2.05) is 12.1 Å². The largest absolute Gasteiger partial charge is 0.340 e. The predicted octanol–water partition coefficient (Wildman–Crippen LogP) is 4.34. The Morgan fingerprint density at radius 3 is 2.32 bits per heavy atom. The molecule has 4 heteroatoms. The van der Waals surface area contributed by atoms with Gasteiger partial charge in [0, 0.05) is 11.1 Å². The summed E-state index contributed by atoms with van der Waals surface area (Å²) in [6, 6.07) is 16.5. The van der Waals surface area contributed by atoms with Crippen molar-refractivity contribution in [3.8, 4) is 11.3 Å². The highest BCUT2D eigenvalue weighted by Gasteiger charge is 2.35. The number of aromatic amines is 1. The molecule has 1 atom stereocenters. The second-order valence-electron chi connectivity index (χ2n) is 6.95. The number of fused-ring (bicyclic) bond motifs is 1. The van der Waals surface area contributed by atoms with Crippen LogP contribution in [0.5, 0.6) is 0 Å². The number of hydrogen-bond acceptors (Lipinski definition) is 2. The molecule has 0 saturated heterocycles. The van der Waals surface area contributed by atoms with Gasteiger partial charge in [-0.1, -0.05) is 67.9 Å². The molecule has 3 aromatic rings. The molecule has 2 heterocycles. The van der Waals surface area contributed by atoms with E-state index in [0.717, 1.165) is 22.4 Å². The molecular formula is C21H21N3O. The smallest absolute Gasteiger partial charge is 0.270 e. The summed E-state index contributed by atoms with van der Waals surface area (Å²) in [5.74, 6) is 0.388. The van der Waals surface area contributed by atoms with E-state index in [-0.39, 0.29) is 11.9 Å². The summed E-state index contributed by atoms with van der Waals surface area (Å²) in [5, 5.41) is 10.4. The summed E-state index contributed by atoms with van der Waals surface area (Å²) >= 11 is 0. The summed E-state index contributed by atoms with van der Waals surface area (Å²) in [5.41, 5.74) is 6.92. The van der Waals surface area contributed by atoms with E-state index < -0.39 is 0 Å². The van der Waals surface area contributed by atoms with Crippen molar-refractivity contribution in [1.29, 1.82) is 0 Å². The summed E-state index contributed by atoms with van der Waals surface area (Å²) in [6.45, 7) is 6.41. The van der Waals surface area contributed by atoms with E-state index in [1.54, 1.807) is 0 Å². The highest BCUT2D eigenvalue weighted by molar-refractivity contribution is 6.00. The van der Waals surface area contributed by atoms with Gasteiger partial charge in [0.05, 0.1) is 11.7 Å². The van der Waals surface area contributed by atoms with Gasteiger partial charge in [0.25, 0.3) is 5.91 Å². The third-order valence-electron chi connectivity index (χ3n) is 4.86. The summed E-state index contributed by atoms with van der Waals surface area (Å²) in [7, 11) is 0. The number of rotatable bonds is 3. The molecule has 0 radical (unpaired) electrons. The Balaban J connectivity index is 1.78. The molecule has 0 fully saturated rings. The molecule has 0 bridgehead atoms. The SMILES string of the molecule is Cc1ccc(-c2n[nH]c3c2C(c2ccc(C(C)C)cc2)NC3=O)cc1. The number of carbonyl (C=O) groups excluding carboxylic acids is 1. The van der Waals surface area contributed by atoms with Crippen molar-refractivity contribution in [3.63, 3.8) is 0 Å². The quantitative estimate of drug-likeness (QED) is 0.750. The summed E-state index contributed by atoms with van der Waals surface area (Å²) in [4.78, 5) is 12.3. The van der Waals surface area contributed by atoms with Crippen molar-refractivity contribution in [3.05, 3.63) is 76.5 Å². The Hall–Kier alpha value is -2.88. The van der Waals surface area contributed by atoms with Gasteiger partial charge in [-0.05, 0) is 24.0 Å². The average Bonchev–Trinajstić information content (AvgIpc) is 3.17. The molecule has 0 aliphatic carbocycles. The molecule has 1 amide bonds. The monoisotopic (exact) mass is 331 g/mol. The minimum Gasteiger partial charge on any atom is -0.340 e. The van der Waals surface area contributed by atoms with Gasteiger partial charge in [0.2, 0.25) is 0 Å². The first kappa shape index (κ1) is 15.6. The number of aromatic nitrogens is 2. The van der Waals surface area contributed by atoms with Crippen LogP contribution in [0.2, 0.25) is 0 Å². The average molecular weight is 331 g/mol. The van der Waals surface area contributed by atoms with Gasteiger partial charge in [-0.3, -0.25) is 9.89 Å². The number of carbonyl (C=O) groups is 1. The van der Waals surface area contributed by atoms with Crippen LogP contribution >= 0.6 is 0 Å². The van der Waals surface area contributed by atoms with Crippen molar-refractivity contribution in [2.24, 2.45) is 0 Å². The van der Waals surface area contributed by atoms with Crippen molar-refractivity contribution in [2.75, 3.05) is 0 Å². The molecule has 4 rings (SSSR count). The van der Waals surface area contributed by atoms with E-state index in [9.17, 15) is 4.79 Å². The number of H-pyrrole nitrogens is 1. The van der Waals surface area contributed by atoms with Gasteiger partial charge in [-0.15, -0.1) is 0 Å². The zero-order chi connectivity index (χ0) is 17.6. The van der Waals surface area contributed by atoms with Gasteiger partial charge in [-0.2, -0.15) is 5.10 Å². The van der Waals surface area contributed by atoms with Crippen molar-refractivity contribution < 1.29 is 4.79 Å². The predicted molar refractivity (Wildman–Crippen MR) is 98.6 cm³/mol. The van der Waals surface area contributed by atoms with Crippen LogP contribution in [-0.4, -0.2) is 16.1 Å². The van der Waals surface area contributed by atoms with Crippen LogP contribution in [0.3, 0.4) is 0 Å². The van der Waals surface area contributed by atoms with E-state index >= 15 is 0 Å². The van der Waals surface area contributed by atoms with Crippen LogP contribution in [0.15, 0.2) is 48.5 Å². The van der Waals surface area contributed by atoms with Gasteiger partial charge >= 0.3 is 0 Å². The highest BCUT2D eigenvalue weighted by Crippen LogP contribution is 2.37. The molecule has 126 valence electrons. The molecule has 0 spiro atoms. The Kier molecular flexibility index (Phi) is 3.68. The van der Waals surface area contributed by atoms with Crippen molar-refractivity contribution >= 4 is 5.91 Å². The van der Waals surface area contributed by atoms with Gasteiger partial charge < -0.3 is 5.32 Å². The standard InChI is InChI=1S/C21H21N3O/c1-12(2)14-8-10-15(11-9-14)18-17-19(16-6-4-13(3)5-7-16)23-24-20(17)21(25)22-18/h4-12,18H,1-3H3,(H,22,25)(H,23,24). The Bertz CT molecular complexity index is 921. The lowest BCUT2D eigenvalue weighted by molar-refractivity contribution is 0.0955. The lowest BCUT2D eigenvalue weighted by Crippen LogP contribution is -2.21. The van der Waals surface area contributed by atoms with E-state index in [1.165, 1.54) is 11.1 Å². The number of aryl methyl sites for hydroxylation is 1. The Morgan fingerprint density at radius 1 is 1.00 bits per heavy atom. The topological polar surface area (TPSA) is 57.8 Å². The zero-order valence-electron chi connectivity index (χ0n) is 14.6. The van der Waals surface area contributed by atoms with Gasteiger partial charge in [0.15, 0.2) is 0 Å². The number of nitrogens with one attached hydrogen (secondary N) is 2. The third-order valence-corrected chi connectivity index (χ3v) is 4.86. The molecule has 4 nitrogen and oxygen atoms in total. The number of benzene rings is 2. The summed E-state index contributed by atoms with van der Waals surface area (Å²) < 4.78 is 0. The molecule has 0 saturated carbocycles. The minimum atomic E-state index is -0.168. The molecule has 1 aromatic heterocycles. The lowest BCUT2D eigenvalue weighted by Gasteiger charge is -2.15. The Labute approximate surface area is 147 Å². The van der Waals surface area contributed by atoms with E-state index in [0.29, 0.717) is 11.6 Å². The first-order valence-corrected chi connectivity index (χ1v) is 8.60. The first-order chi connectivity index (χ1) is 12.0. The lowest BCUT2D eigenvalue weighted by atomic mass is 9.94. The normalized spacial score (nSPS) is 16.2. The molecule has 2 N–H and O–H groups in total. The third kappa shape index (κ3) is 2.64. The van der Waals surface area contributed by atoms with E-state index in [4.69, 9.17) is 0 Å². The zero-order valence-corrected chi connectivity index (χ0v) is 14.6. The maximum absolute atomic E-state index is 12.3. The molecule has 2 aromatic carbocycles. The fourth-order valence-corrected chi connectivity index (χ4v) is 3.34.